The van der Waals surface area contributed by atoms with Gasteiger partial charge in [-0.3, -0.25) is 0 Å². The van der Waals surface area contributed by atoms with Crippen molar-refractivity contribution in [2.24, 2.45) is 0 Å². The molecule has 2 nitrogen and oxygen atoms in total. The minimum absolute atomic E-state index is 1.18. The Labute approximate surface area is 103 Å². The first-order valence-corrected chi connectivity index (χ1v) is 7.28. The highest BCUT2D eigenvalue weighted by atomic mass is 15.1. The highest BCUT2D eigenvalue weighted by Crippen LogP contribution is 2.00. The van der Waals surface area contributed by atoms with Gasteiger partial charge in [0.2, 0.25) is 0 Å². The van der Waals surface area contributed by atoms with Crippen LogP contribution in [-0.4, -0.2) is 37.6 Å². The van der Waals surface area contributed by atoms with E-state index in [-0.39, 0.29) is 0 Å². The van der Waals surface area contributed by atoms with Crippen LogP contribution in [0.3, 0.4) is 0 Å². The van der Waals surface area contributed by atoms with Gasteiger partial charge in [-0.1, -0.05) is 27.2 Å². The average molecular weight is 228 g/mol. The van der Waals surface area contributed by atoms with Crippen LogP contribution in [0.5, 0.6) is 0 Å². The molecule has 0 unspecified atom stereocenters. The van der Waals surface area contributed by atoms with E-state index in [0.29, 0.717) is 0 Å². The first-order chi connectivity index (χ1) is 7.85. The van der Waals surface area contributed by atoms with E-state index in [0.717, 1.165) is 0 Å². The predicted molar refractivity (Wildman–Crippen MR) is 74.0 cm³/mol. The van der Waals surface area contributed by atoms with Gasteiger partial charge in [0.05, 0.1) is 0 Å². The van der Waals surface area contributed by atoms with E-state index >= 15 is 0 Å². The Kier molecular flexibility index (Phi) is 12.9. The standard InChI is InChI=1S/C14H32N2/c1-4-10-15-11-8-7-9-14-16(12-5-2)13-6-3/h15H,4-14H2,1-3H3. The molecule has 0 fully saturated rings. The summed E-state index contributed by atoms with van der Waals surface area (Å²) >= 11 is 0. The molecule has 0 atom stereocenters. The lowest BCUT2D eigenvalue weighted by molar-refractivity contribution is 0.268. The van der Waals surface area contributed by atoms with E-state index in [1.54, 1.807) is 0 Å². The highest BCUT2D eigenvalue weighted by molar-refractivity contribution is 4.57. The third-order valence-electron chi connectivity index (χ3n) is 2.83. The van der Waals surface area contributed by atoms with Crippen LogP contribution in [0.2, 0.25) is 0 Å². The first kappa shape index (κ1) is 15.9. The van der Waals surface area contributed by atoms with Gasteiger partial charge in [0, 0.05) is 0 Å². The van der Waals surface area contributed by atoms with E-state index in [2.05, 4.69) is 31.0 Å². The molecule has 0 saturated heterocycles. The SMILES string of the molecule is CCCNCCCCCN(CCC)CCC. The largest absolute Gasteiger partial charge is 0.317 e. The molecular weight excluding hydrogens is 196 g/mol. The Morgan fingerprint density at radius 3 is 1.94 bits per heavy atom. The molecule has 0 amide bonds. The molecule has 0 aromatic carbocycles. The van der Waals surface area contributed by atoms with Gasteiger partial charge in [0.15, 0.2) is 0 Å². The minimum Gasteiger partial charge on any atom is -0.317 e. The number of nitrogens with zero attached hydrogens (tertiary/aromatic N) is 1. The molecule has 1 N–H and O–H groups in total. The third kappa shape index (κ3) is 10.4. The van der Waals surface area contributed by atoms with Gasteiger partial charge in [-0.15, -0.1) is 0 Å². The Bertz CT molecular complexity index is 120. The molecule has 0 spiro atoms. The molecule has 0 saturated carbocycles. The summed E-state index contributed by atoms with van der Waals surface area (Å²) in [5, 5.41) is 3.46. The maximum Gasteiger partial charge on any atom is -0.00187 e. The van der Waals surface area contributed by atoms with E-state index in [9.17, 15) is 0 Å². The molecule has 2 heteroatoms. The second-order valence-electron chi connectivity index (χ2n) is 4.65. The summed E-state index contributed by atoms with van der Waals surface area (Å²) in [6, 6.07) is 0. The summed E-state index contributed by atoms with van der Waals surface area (Å²) in [6.45, 7) is 13.0. The molecule has 0 rings (SSSR count). The molecule has 98 valence electrons. The van der Waals surface area contributed by atoms with Gasteiger partial charge in [0.1, 0.15) is 0 Å². The van der Waals surface area contributed by atoms with Crippen molar-refractivity contribution >= 4 is 0 Å². The Morgan fingerprint density at radius 2 is 1.38 bits per heavy atom. The lowest BCUT2D eigenvalue weighted by atomic mass is 10.2. The van der Waals surface area contributed by atoms with Crippen LogP contribution in [0.15, 0.2) is 0 Å². The Hall–Kier alpha value is -0.0800. The minimum atomic E-state index is 1.18. The normalized spacial score (nSPS) is 11.2. The fourth-order valence-corrected chi connectivity index (χ4v) is 2.03. The lowest BCUT2D eigenvalue weighted by Gasteiger charge is -2.20. The van der Waals surface area contributed by atoms with Crippen LogP contribution in [0.1, 0.15) is 59.3 Å². The zero-order valence-electron chi connectivity index (χ0n) is 11.7. The van der Waals surface area contributed by atoms with Crippen LogP contribution in [0.4, 0.5) is 0 Å². The lowest BCUT2D eigenvalue weighted by Crippen LogP contribution is -2.26. The smallest absolute Gasteiger partial charge is 0.00187 e. The monoisotopic (exact) mass is 228 g/mol. The van der Waals surface area contributed by atoms with Gasteiger partial charge in [-0.05, 0) is 64.8 Å². The summed E-state index contributed by atoms with van der Waals surface area (Å²) in [5.41, 5.74) is 0. The number of hydrogen-bond acceptors (Lipinski definition) is 2. The molecule has 0 aromatic rings. The molecule has 0 aliphatic rings. The van der Waals surface area contributed by atoms with Crippen molar-refractivity contribution in [3.63, 3.8) is 0 Å². The zero-order valence-corrected chi connectivity index (χ0v) is 11.7. The fraction of sp³-hybridized carbons (Fsp3) is 1.00. The molecule has 16 heavy (non-hydrogen) atoms. The van der Waals surface area contributed by atoms with Crippen molar-refractivity contribution in [1.82, 2.24) is 10.2 Å². The summed E-state index contributed by atoms with van der Waals surface area (Å²) in [4.78, 5) is 2.61. The van der Waals surface area contributed by atoms with Gasteiger partial charge in [-0.2, -0.15) is 0 Å². The van der Waals surface area contributed by atoms with Crippen molar-refractivity contribution in [1.29, 1.82) is 0 Å². The van der Waals surface area contributed by atoms with E-state index < -0.39 is 0 Å². The molecular formula is C14H32N2. The topological polar surface area (TPSA) is 15.3 Å². The fourth-order valence-electron chi connectivity index (χ4n) is 2.03. The maximum absolute atomic E-state index is 3.46. The molecule has 0 aliphatic carbocycles. The average Bonchev–Trinajstić information content (AvgIpc) is 2.28. The Balaban J connectivity index is 3.25. The molecule has 0 radical (unpaired) electrons. The van der Waals surface area contributed by atoms with Gasteiger partial charge in [0.25, 0.3) is 0 Å². The molecule has 0 bridgehead atoms. The zero-order chi connectivity index (χ0) is 12.1. The van der Waals surface area contributed by atoms with Crippen LogP contribution in [-0.2, 0) is 0 Å². The van der Waals surface area contributed by atoms with Crippen molar-refractivity contribution in [3.8, 4) is 0 Å². The van der Waals surface area contributed by atoms with Gasteiger partial charge in [-0.25, -0.2) is 0 Å². The highest BCUT2D eigenvalue weighted by Gasteiger charge is 2.01. The van der Waals surface area contributed by atoms with Crippen molar-refractivity contribution < 1.29 is 0 Å². The summed E-state index contributed by atoms with van der Waals surface area (Å²) < 4.78 is 0. The number of rotatable bonds is 12. The second-order valence-corrected chi connectivity index (χ2v) is 4.65. The number of nitrogens with one attached hydrogen (secondary N) is 1. The first-order valence-electron chi connectivity index (χ1n) is 7.28. The second kappa shape index (κ2) is 13.0. The van der Waals surface area contributed by atoms with Crippen LogP contribution in [0, 0.1) is 0 Å². The quantitative estimate of drug-likeness (QED) is 0.516. The van der Waals surface area contributed by atoms with E-state index in [1.165, 1.54) is 71.2 Å². The van der Waals surface area contributed by atoms with Crippen LogP contribution in [0.25, 0.3) is 0 Å². The Morgan fingerprint density at radius 1 is 0.688 bits per heavy atom. The maximum atomic E-state index is 3.46. The van der Waals surface area contributed by atoms with E-state index in [4.69, 9.17) is 0 Å². The van der Waals surface area contributed by atoms with Gasteiger partial charge >= 0.3 is 0 Å². The third-order valence-corrected chi connectivity index (χ3v) is 2.83. The van der Waals surface area contributed by atoms with E-state index in [1.807, 2.05) is 0 Å². The summed E-state index contributed by atoms with van der Waals surface area (Å²) in [6.07, 6.45) is 7.91. The number of hydrogen-bond donors (Lipinski definition) is 1. The number of unbranched alkanes of at least 4 members (excludes halogenated alkanes) is 2. The molecule has 0 aromatic heterocycles. The molecule has 0 heterocycles. The van der Waals surface area contributed by atoms with Gasteiger partial charge < -0.3 is 10.2 Å². The summed E-state index contributed by atoms with van der Waals surface area (Å²) in [7, 11) is 0. The van der Waals surface area contributed by atoms with Crippen molar-refractivity contribution in [2.75, 3.05) is 32.7 Å². The van der Waals surface area contributed by atoms with Crippen LogP contribution >= 0.6 is 0 Å². The summed E-state index contributed by atoms with van der Waals surface area (Å²) in [5.74, 6) is 0. The van der Waals surface area contributed by atoms with Crippen molar-refractivity contribution in [2.45, 2.75) is 59.3 Å². The molecule has 0 aliphatic heterocycles. The van der Waals surface area contributed by atoms with Crippen LogP contribution < -0.4 is 5.32 Å². The van der Waals surface area contributed by atoms with Crippen molar-refractivity contribution in [3.05, 3.63) is 0 Å². The predicted octanol–water partition coefficient (Wildman–Crippen LogP) is 3.28.